The fourth-order valence-electron chi connectivity index (χ4n) is 17.8. The summed E-state index contributed by atoms with van der Waals surface area (Å²) < 4.78 is 11.3. The third-order valence-corrected chi connectivity index (χ3v) is 24.8. The van der Waals surface area contributed by atoms with Crippen LogP contribution in [0.5, 0.6) is 0 Å². The number of para-hydroxylation sites is 1. The van der Waals surface area contributed by atoms with Crippen LogP contribution in [-0.2, 0) is 107 Å². The molecule has 1 aliphatic carbocycles. The van der Waals surface area contributed by atoms with Gasteiger partial charge in [-0.05, 0) is 197 Å². The molecular formula is C122H123Ir5N10-5. The molecule has 0 bridgehead atoms. The summed E-state index contributed by atoms with van der Waals surface area (Å²) in [5.41, 5.74) is 35.7. The zero-order chi connectivity index (χ0) is 92.5. The fraction of sp³-hybridized carbons (Fsp3) is 0.238. The van der Waals surface area contributed by atoms with E-state index in [0.29, 0.717) is 29.6 Å². The smallest absolute Gasteiger partial charge is 0.134 e. The van der Waals surface area contributed by atoms with E-state index in [1.165, 1.54) is 133 Å². The molecule has 711 valence electrons. The third-order valence-electron chi connectivity index (χ3n) is 24.8. The number of benzene rings is 13. The Hall–Kier alpha value is -10.8. The minimum absolute atomic E-state index is 0. The van der Waals surface area contributed by atoms with Crippen molar-refractivity contribution >= 4 is 0 Å². The molecule has 0 unspecified atom stereocenters. The van der Waals surface area contributed by atoms with E-state index < -0.39 is 0 Å². The second-order valence-corrected chi connectivity index (χ2v) is 36.3. The molecule has 0 saturated heterocycles. The summed E-state index contributed by atoms with van der Waals surface area (Å²) >= 11 is 0. The number of nitrogens with zero attached hydrogens (tertiary/aromatic N) is 10. The van der Waals surface area contributed by atoms with Crippen LogP contribution >= 0.6 is 0 Å². The second kappa shape index (κ2) is 51.2. The van der Waals surface area contributed by atoms with E-state index in [2.05, 4.69) is 396 Å². The van der Waals surface area contributed by atoms with Gasteiger partial charge in [-0.1, -0.05) is 238 Å². The molecule has 15 heteroatoms. The Kier molecular flexibility index (Phi) is 40.4. The molecule has 1 fully saturated rings. The van der Waals surface area contributed by atoms with Gasteiger partial charge in [0.25, 0.3) is 0 Å². The Morgan fingerprint density at radius 1 is 0.343 bits per heavy atom. The van der Waals surface area contributed by atoms with E-state index in [1.807, 2.05) is 97.3 Å². The minimum atomic E-state index is 0. The van der Waals surface area contributed by atoms with E-state index in [1.54, 1.807) is 0 Å². The van der Waals surface area contributed by atoms with E-state index in [-0.39, 0.29) is 101 Å². The van der Waals surface area contributed by atoms with Crippen molar-refractivity contribution in [3.63, 3.8) is 0 Å². The van der Waals surface area contributed by atoms with Gasteiger partial charge in [0.1, 0.15) is 5.82 Å². The SMILES string of the molecule is CC(C)c1ccc(-n2c(C(C)C)cnc2-c2[c-]cccc2)c(-c2ccccc2)c1.CCCc1cn(-c2ccccc2C)c(-c2[c-]cccc2)n1.Cc1ccc(-n2c(-c3c(C)cccc3C)cnc2-c2[c-]cccc2)c(C)c1.Cc1ccc(-n2cc(C(C)C)nc2-c2[c-]cccc2)c(C2CCCCC2)c1.Cc1cccc(-c2nc(-c3[c-]cccc3)cn2-c2ccc(C)cc2C(C)C)c1.[Ir].[Ir].[Ir].[Ir].[Ir]. The summed E-state index contributed by atoms with van der Waals surface area (Å²) in [6, 6.07) is 118. The molecule has 10 nitrogen and oxygen atoms in total. The Labute approximate surface area is 882 Å². The molecule has 5 aromatic heterocycles. The van der Waals surface area contributed by atoms with E-state index >= 15 is 0 Å². The van der Waals surface area contributed by atoms with Crippen LogP contribution in [0.25, 0.3) is 119 Å². The minimum Gasteiger partial charge on any atom is -0.339 e. The van der Waals surface area contributed by atoms with Crippen LogP contribution in [0.2, 0.25) is 0 Å². The zero-order valence-electron chi connectivity index (χ0n) is 81.6. The van der Waals surface area contributed by atoms with Crippen molar-refractivity contribution in [2.75, 3.05) is 0 Å². The average Bonchev–Trinajstić information content (AvgIpc) is 1.65. The first kappa shape index (κ1) is 108. The van der Waals surface area contributed by atoms with Crippen LogP contribution in [0.4, 0.5) is 0 Å². The average molecular weight is 2690 g/mol. The molecule has 0 atom stereocenters. The van der Waals surface area contributed by atoms with Gasteiger partial charge in [0.05, 0.1) is 29.0 Å². The van der Waals surface area contributed by atoms with Crippen molar-refractivity contribution in [3.05, 3.63) is 431 Å². The number of aryl methyl sites for hydroxylation is 9. The molecule has 0 spiro atoms. The van der Waals surface area contributed by atoms with E-state index in [4.69, 9.17) is 24.9 Å². The Bertz CT molecular complexity index is 6840. The summed E-state index contributed by atoms with van der Waals surface area (Å²) in [5.74, 6) is 7.09. The van der Waals surface area contributed by atoms with Gasteiger partial charge in [0.2, 0.25) is 0 Å². The second-order valence-electron chi connectivity index (χ2n) is 36.3. The van der Waals surface area contributed by atoms with Gasteiger partial charge in [-0.2, -0.15) is 0 Å². The van der Waals surface area contributed by atoms with Gasteiger partial charge in [-0.25, -0.2) is 0 Å². The maximum Gasteiger partial charge on any atom is 0.134 e. The molecule has 18 aromatic rings. The monoisotopic (exact) mass is 2690 g/mol. The third kappa shape index (κ3) is 26.2. The predicted molar refractivity (Wildman–Crippen MR) is 550 cm³/mol. The molecule has 5 radical (unpaired) electrons. The number of rotatable bonds is 20. The first-order valence-electron chi connectivity index (χ1n) is 47.0. The number of aromatic nitrogens is 10. The molecule has 0 N–H and O–H groups in total. The molecular weight excluding hydrogens is 2570 g/mol. The van der Waals surface area contributed by atoms with E-state index in [9.17, 15) is 0 Å². The van der Waals surface area contributed by atoms with Crippen molar-refractivity contribution in [3.8, 4) is 119 Å². The van der Waals surface area contributed by atoms with Crippen LogP contribution in [0.3, 0.4) is 0 Å². The van der Waals surface area contributed by atoms with Crippen molar-refractivity contribution < 1.29 is 101 Å². The summed E-state index contributed by atoms with van der Waals surface area (Å²) in [7, 11) is 0. The maximum absolute atomic E-state index is 5.02. The van der Waals surface area contributed by atoms with Gasteiger partial charge in [-0.3, -0.25) is 24.9 Å². The summed E-state index contributed by atoms with van der Waals surface area (Å²) in [6.07, 6.45) is 19.3. The van der Waals surface area contributed by atoms with Crippen molar-refractivity contribution in [2.45, 2.75) is 192 Å². The quantitative estimate of drug-likeness (QED) is 0.0709. The zero-order valence-corrected chi connectivity index (χ0v) is 93.6. The molecule has 13 aromatic carbocycles. The maximum atomic E-state index is 5.02. The first-order chi connectivity index (χ1) is 64.1. The van der Waals surface area contributed by atoms with Crippen molar-refractivity contribution in [1.82, 2.24) is 47.8 Å². The van der Waals surface area contributed by atoms with E-state index in [0.717, 1.165) is 109 Å². The number of hydrogen-bond acceptors (Lipinski definition) is 5. The number of imidazole rings is 5. The van der Waals surface area contributed by atoms with Gasteiger partial charge in [0, 0.05) is 193 Å². The largest absolute Gasteiger partial charge is 0.339 e. The van der Waals surface area contributed by atoms with Crippen LogP contribution in [0.1, 0.15) is 209 Å². The van der Waals surface area contributed by atoms with Crippen LogP contribution in [0, 0.1) is 85.7 Å². The van der Waals surface area contributed by atoms with Crippen LogP contribution < -0.4 is 0 Å². The first-order valence-corrected chi connectivity index (χ1v) is 47.0. The summed E-state index contributed by atoms with van der Waals surface area (Å²) in [6.45, 7) is 37.2. The van der Waals surface area contributed by atoms with Gasteiger partial charge in [-0.15, -0.1) is 179 Å². The fourth-order valence-corrected chi connectivity index (χ4v) is 17.8. The normalized spacial score (nSPS) is 11.5. The number of hydrogen-bond donors (Lipinski definition) is 0. The summed E-state index contributed by atoms with van der Waals surface area (Å²) in [5, 5.41) is 0. The van der Waals surface area contributed by atoms with Gasteiger partial charge in [0.15, 0.2) is 0 Å². The Balaban J connectivity index is 0.000000176. The molecule has 1 saturated carbocycles. The van der Waals surface area contributed by atoms with Crippen LogP contribution in [0.15, 0.2) is 322 Å². The molecule has 0 amide bonds. The summed E-state index contributed by atoms with van der Waals surface area (Å²) in [4.78, 5) is 24.5. The topological polar surface area (TPSA) is 89.1 Å². The standard InChI is InChI=1S/C27H27N2.C26H25N2.C25H23N2.C25H29N2.C19H19N2.5Ir/c1-19(2)23-15-16-25(24(17-23)21-11-7-5-8-12-21)29-26(20(3)4)18-28-27(29)22-13-9-6-10-14-22;1-18(2)23-16-20(4)13-14-25(23)28-17-24(21-10-6-5-7-11-21)27-26(28)22-12-8-9-19(3)15-22;1-17-13-14-22(20(4)15-17)27-23(24-18(2)9-8-10-19(24)3)16-26-25(27)21-11-6-5-7-12-21;1-18(2)23-17-27(25(26-23)21-12-8-5-9-13-21)24-15-14-19(3)16-22(24)20-10-6-4-7-11-20;1-3-9-17-14-21(18-13-8-7-10-15(18)2)19(20-17)16-11-5-4-6-12-16;;;;;/h5-13,15-20H,1-4H3;5-10,12-18H,1-4H3;5-11,13-16H,1-4H3;5,8-9,12,14-18,20H,4,6-7,10-11H2,1-3H3;4-8,10-11,13-14H,3,9H2,1-2H3;;;;;/q5*-1;;;;;. The molecule has 0 aliphatic heterocycles. The van der Waals surface area contributed by atoms with Gasteiger partial charge < -0.3 is 22.8 Å². The molecule has 5 heterocycles. The van der Waals surface area contributed by atoms with Crippen LogP contribution in [-0.4, -0.2) is 47.8 Å². The predicted octanol–water partition coefficient (Wildman–Crippen LogP) is 31.6. The Morgan fingerprint density at radius 3 is 1.39 bits per heavy atom. The Morgan fingerprint density at radius 2 is 0.832 bits per heavy atom. The van der Waals surface area contributed by atoms with Crippen molar-refractivity contribution in [2.24, 2.45) is 0 Å². The van der Waals surface area contributed by atoms with Crippen molar-refractivity contribution in [1.29, 1.82) is 0 Å². The molecule has 19 rings (SSSR count). The molecule has 137 heavy (non-hydrogen) atoms. The molecule has 1 aliphatic rings. The van der Waals surface area contributed by atoms with Gasteiger partial charge >= 0.3 is 0 Å².